The molecule has 0 N–H and O–H groups in total. The zero-order valence-electron chi connectivity index (χ0n) is 11.5. The quantitative estimate of drug-likeness (QED) is 0.718. The van der Waals surface area contributed by atoms with Crippen LogP contribution in [0.15, 0.2) is 42.6 Å². The molecule has 1 unspecified atom stereocenters. The maximum absolute atomic E-state index is 6.00. The van der Waals surface area contributed by atoms with Crippen molar-refractivity contribution in [2.75, 3.05) is 0 Å². The van der Waals surface area contributed by atoms with E-state index in [0.29, 0.717) is 0 Å². The minimum absolute atomic E-state index is 0.0205. The van der Waals surface area contributed by atoms with Gasteiger partial charge >= 0.3 is 0 Å². The predicted octanol–water partition coefficient (Wildman–Crippen LogP) is 4.31. The van der Waals surface area contributed by atoms with Gasteiger partial charge in [0.25, 0.3) is 0 Å². The van der Waals surface area contributed by atoms with Crippen LogP contribution in [0.25, 0.3) is 0 Å². The molecule has 1 aromatic rings. The fourth-order valence-electron chi connectivity index (χ4n) is 1.76. The van der Waals surface area contributed by atoms with E-state index in [1.165, 1.54) is 5.56 Å². The van der Waals surface area contributed by atoms with Gasteiger partial charge in [-0.15, -0.1) is 0 Å². The van der Waals surface area contributed by atoms with Crippen molar-refractivity contribution >= 4 is 0 Å². The molecule has 0 fully saturated rings. The van der Waals surface area contributed by atoms with Gasteiger partial charge in [-0.05, 0) is 40.2 Å². The third-order valence-corrected chi connectivity index (χ3v) is 2.49. The zero-order chi connectivity index (χ0) is 13.1. The van der Waals surface area contributed by atoms with E-state index < -0.39 is 0 Å². The average molecular weight is 233 g/mol. The van der Waals surface area contributed by atoms with Crippen molar-refractivity contribution in [2.45, 2.75) is 46.3 Å². The van der Waals surface area contributed by atoms with E-state index in [2.05, 4.69) is 46.4 Å². The zero-order valence-corrected chi connectivity index (χ0v) is 11.5. The van der Waals surface area contributed by atoms with Crippen LogP contribution in [0.3, 0.4) is 0 Å². The minimum atomic E-state index is -0.0884. The van der Waals surface area contributed by atoms with Gasteiger partial charge in [0.05, 0.1) is 5.54 Å². The number of hydrogen-bond acceptors (Lipinski definition) is 2. The first-order valence-corrected chi connectivity index (χ1v) is 6.00. The highest BCUT2D eigenvalue weighted by Crippen LogP contribution is 2.25. The van der Waals surface area contributed by atoms with E-state index in [1.807, 2.05) is 30.2 Å². The molecule has 0 radical (unpaired) electrons. The summed E-state index contributed by atoms with van der Waals surface area (Å²) in [6.45, 7) is 14.3. The van der Waals surface area contributed by atoms with Crippen LogP contribution in [-0.4, -0.2) is 10.6 Å². The van der Waals surface area contributed by atoms with Gasteiger partial charge < -0.3 is 0 Å². The van der Waals surface area contributed by atoms with Crippen molar-refractivity contribution in [3.05, 3.63) is 48.2 Å². The Bertz CT molecular complexity index is 364. The lowest BCUT2D eigenvalue weighted by molar-refractivity contribution is -0.215. The number of hydrogen-bond donors (Lipinski definition) is 0. The van der Waals surface area contributed by atoms with E-state index in [4.69, 9.17) is 4.84 Å². The van der Waals surface area contributed by atoms with Gasteiger partial charge in [0.15, 0.2) is 0 Å². The summed E-state index contributed by atoms with van der Waals surface area (Å²) in [5, 5.41) is 1.88. The molecule has 2 nitrogen and oxygen atoms in total. The third kappa shape index (κ3) is 3.90. The van der Waals surface area contributed by atoms with Crippen LogP contribution < -0.4 is 0 Å². The molecule has 0 aromatic heterocycles. The number of benzene rings is 1. The van der Waals surface area contributed by atoms with Gasteiger partial charge in [-0.1, -0.05) is 36.9 Å². The summed E-state index contributed by atoms with van der Waals surface area (Å²) in [5.41, 5.74) is 2.00. The minimum Gasteiger partial charge on any atom is -0.265 e. The second-order valence-corrected chi connectivity index (χ2v) is 5.36. The van der Waals surface area contributed by atoms with Crippen LogP contribution in [0.2, 0.25) is 0 Å². The summed E-state index contributed by atoms with van der Waals surface area (Å²) in [6.07, 6.45) is 0.0205. The van der Waals surface area contributed by atoms with Gasteiger partial charge in [0, 0.05) is 5.70 Å². The first-order valence-electron chi connectivity index (χ1n) is 6.00. The van der Waals surface area contributed by atoms with Crippen LogP contribution in [0.5, 0.6) is 0 Å². The molecule has 0 aliphatic heterocycles. The van der Waals surface area contributed by atoms with E-state index in [-0.39, 0.29) is 11.6 Å². The Hall–Kier alpha value is -1.28. The Kier molecular flexibility index (Phi) is 4.35. The first-order chi connectivity index (χ1) is 7.82. The maximum atomic E-state index is 6.00. The van der Waals surface area contributed by atoms with Crippen molar-refractivity contribution < 1.29 is 4.84 Å². The molecule has 0 spiro atoms. The maximum Gasteiger partial charge on any atom is 0.108 e. The normalized spacial score (nSPS) is 13.2. The lowest BCUT2D eigenvalue weighted by Crippen LogP contribution is -2.40. The monoisotopic (exact) mass is 233 g/mol. The predicted molar refractivity (Wildman–Crippen MR) is 72.3 cm³/mol. The lowest BCUT2D eigenvalue weighted by Gasteiger charge is -2.38. The molecule has 2 heteroatoms. The van der Waals surface area contributed by atoms with Gasteiger partial charge in [-0.3, -0.25) is 9.90 Å². The number of allylic oxidation sites excluding steroid dienone is 1. The molecule has 1 rings (SSSR count). The molecule has 17 heavy (non-hydrogen) atoms. The van der Waals surface area contributed by atoms with Crippen LogP contribution in [0.4, 0.5) is 0 Å². The summed E-state index contributed by atoms with van der Waals surface area (Å²) in [7, 11) is 0. The molecule has 0 amide bonds. The average Bonchev–Trinajstić information content (AvgIpc) is 2.24. The Morgan fingerprint density at radius 2 is 1.76 bits per heavy atom. The van der Waals surface area contributed by atoms with Crippen molar-refractivity contribution in [2.24, 2.45) is 0 Å². The Morgan fingerprint density at radius 3 is 2.18 bits per heavy atom. The Labute approximate surface area is 105 Å². The van der Waals surface area contributed by atoms with Gasteiger partial charge in [0.1, 0.15) is 6.10 Å². The number of hydroxylamine groups is 2. The molecule has 0 aliphatic rings. The van der Waals surface area contributed by atoms with Crippen LogP contribution in [0.1, 0.15) is 46.3 Å². The molecule has 0 saturated carbocycles. The van der Waals surface area contributed by atoms with Crippen molar-refractivity contribution in [1.82, 2.24) is 5.06 Å². The number of nitrogens with zero attached hydrogens (tertiary/aromatic N) is 1. The van der Waals surface area contributed by atoms with E-state index in [9.17, 15) is 0 Å². The lowest BCUT2D eigenvalue weighted by atomic mass is 10.1. The summed E-state index contributed by atoms with van der Waals surface area (Å²) < 4.78 is 0. The van der Waals surface area contributed by atoms with Gasteiger partial charge in [0.2, 0.25) is 0 Å². The first kappa shape index (κ1) is 13.8. The van der Waals surface area contributed by atoms with Crippen LogP contribution in [-0.2, 0) is 4.84 Å². The molecular weight excluding hydrogens is 210 g/mol. The van der Waals surface area contributed by atoms with Crippen LogP contribution >= 0.6 is 0 Å². The van der Waals surface area contributed by atoms with Gasteiger partial charge in [-0.2, -0.15) is 0 Å². The molecular formula is C15H23NO. The summed E-state index contributed by atoms with van der Waals surface area (Å²) in [5.74, 6) is 0. The largest absolute Gasteiger partial charge is 0.265 e. The second kappa shape index (κ2) is 5.37. The summed E-state index contributed by atoms with van der Waals surface area (Å²) in [6, 6.07) is 10.2. The highest BCUT2D eigenvalue weighted by Gasteiger charge is 2.24. The Morgan fingerprint density at radius 1 is 1.24 bits per heavy atom. The topological polar surface area (TPSA) is 12.5 Å². The van der Waals surface area contributed by atoms with Crippen LogP contribution in [0, 0.1) is 0 Å². The molecule has 0 bridgehead atoms. The summed E-state index contributed by atoms with van der Waals surface area (Å²) in [4.78, 5) is 6.00. The molecule has 1 atom stereocenters. The molecule has 0 heterocycles. The van der Waals surface area contributed by atoms with E-state index in [1.54, 1.807) is 0 Å². The summed E-state index contributed by atoms with van der Waals surface area (Å²) >= 11 is 0. The highest BCUT2D eigenvalue weighted by atomic mass is 16.7. The molecule has 0 aliphatic carbocycles. The highest BCUT2D eigenvalue weighted by molar-refractivity contribution is 5.16. The standard InChI is InChI=1S/C15H23NO/c1-12(2)16(15(4,5)6)17-13(3)14-10-8-7-9-11-14/h7-11,13H,1H2,2-6H3. The second-order valence-electron chi connectivity index (χ2n) is 5.36. The molecule has 94 valence electrons. The third-order valence-electron chi connectivity index (χ3n) is 2.49. The van der Waals surface area contributed by atoms with Gasteiger partial charge in [-0.25, -0.2) is 0 Å². The smallest absolute Gasteiger partial charge is 0.108 e. The fraction of sp³-hybridized carbons (Fsp3) is 0.467. The SMILES string of the molecule is C=C(C)N(OC(C)c1ccccc1)C(C)(C)C. The fourth-order valence-corrected chi connectivity index (χ4v) is 1.76. The molecule has 1 aromatic carbocycles. The van der Waals surface area contributed by atoms with E-state index >= 15 is 0 Å². The number of rotatable bonds is 4. The molecule has 0 saturated heterocycles. The van der Waals surface area contributed by atoms with Crippen molar-refractivity contribution in [1.29, 1.82) is 0 Å². The Balaban J connectivity index is 2.79. The van der Waals surface area contributed by atoms with Crippen molar-refractivity contribution in [3.63, 3.8) is 0 Å². The van der Waals surface area contributed by atoms with Crippen molar-refractivity contribution in [3.8, 4) is 0 Å². The van der Waals surface area contributed by atoms with E-state index in [0.717, 1.165) is 5.70 Å².